The maximum absolute atomic E-state index is 12.6. The fourth-order valence-corrected chi connectivity index (χ4v) is 3.62. The minimum absolute atomic E-state index is 0.139. The van der Waals surface area contributed by atoms with Crippen LogP contribution in [0.15, 0.2) is 30.3 Å². The predicted octanol–water partition coefficient (Wildman–Crippen LogP) is 2.57. The van der Waals surface area contributed by atoms with Gasteiger partial charge in [0.15, 0.2) is 0 Å². The number of amides is 1. The zero-order valence-corrected chi connectivity index (χ0v) is 14.2. The van der Waals surface area contributed by atoms with Crippen LogP contribution >= 0.6 is 0 Å². The van der Waals surface area contributed by atoms with E-state index in [1.807, 2.05) is 34.9 Å². The van der Waals surface area contributed by atoms with Gasteiger partial charge in [-0.05, 0) is 30.9 Å². The number of aliphatic hydroxyl groups excluding tert-OH is 1. The van der Waals surface area contributed by atoms with Gasteiger partial charge in [0.2, 0.25) is 0 Å². The highest BCUT2D eigenvalue weighted by Crippen LogP contribution is 2.27. The first-order valence-electron chi connectivity index (χ1n) is 8.74. The SMILES string of the molecule is COCCn1c(C(=O)NCC(O)C2CCCC2)cc2ccccc21. The van der Waals surface area contributed by atoms with E-state index >= 15 is 0 Å². The Bertz CT molecular complexity index is 689. The number of hydrogen-bond acceptors (Lipinski definition) is 3. The lowest BCUT2D eigenvalue weighted by Gasteiger charge is -2.18. The van der Waals surface area contributed by atoms with Gasteiger partial charge in [-0.15, -0.1) is 0 Å². The van der Waals surface area contributed by atoms with Crippen molar-refractivity contribution in [1.82, 2.24) is 9.88 Å². The predicted molar refractivity (Wildman–Crippen MR) is 94.1 cm³/mol. The second-order valence-electron chi connectivity index (χ2n) is 6.55. The van der Waals surface area contributed by atoms with Crippen molar-refractivity contribution in [2.24, 2.45) is 5.92 Å². The van der Waals surface area contributed by atoms with Crippen LogP contribution < -0.4 is 5.32 Å². The van der Waals surface area contributed by atoms with Crippen LogP contribution in [-0.4, -0.2) is 41.9 Å². The maximum atomic E-state index is 12.6. The molecule has 1 aliphatic rings. The van der Waals surface area contributed by atoms with Crippen LogP contribution in [0.2, 0.25) is 0 Å². The maximum Gasteiger partial charge on any atom is 0.268 e. The molecule has 5 nitrogen and oxygen atoms in total. The summed E-state index contributed by atoms with van der Waals surface area (Å²) in [5, 5.41) is 14.2. The molecule has 0 spiro atoms. The molecule has 2 aromatic rings. The molecule has 1 fully saturated rings. The third-order valence-corrected chi connectivity index (χ3v) is 4.98. The fraction of sp³-hybridized carbons (Fsp3) is 0.526. The van der Waals surface area contributed by atoms with Gasteiger partial charge in [0.05, 0.1) is 12.7 Å². The summed E-state index contributed by atoms with van der Waals surface area (Å²) in [6.45, 7) is 1.48. The van der Waals surface area contributed by atoms with Crippen molar-refractivity contribution in [3.63, 3.8) is 0 Å². The summed E-state index contributed by atoms with van der Waals surface area (Å²) in [4.78, 5) is 12.6. The summed E-state index contributed by atoms with van der Waals surface area (Å²) in [6.07, 6.45) is 4.03. The van der Waals surface area contributed by atoms with Crippen molar-refractivity contribution < 1.29 is 14.6 Å². The number of aromatic nitrogens is 1. The molecule has 0 saturated heterocycles. The highest BCUT2D eigenvalue weighted by molar-refractivity contribution is 5.98. The van der Waals surface area contributed by atoms with Gasteiger partial charge in [0.1, 0.15) is 5.69 Å². The number of nitrogens with zero attached hydrogens (tertiary/aromatic N) is 1. The summed E-state index contributed by atoms with van der Waals surface area (Å²) in [6, 6.07) is 9.85. The minimum Gasteiger partial charge on any atom is -0.391 e. The Morgan fingerprint density at radius 3 is 2.88 bits per heavy atom. The number of hydrogen-bond donors (Lipinski definition) is 2. The van der Waals surface area contributed by atoms with Crippen LogP contribution in [0.4, 0.5) is 0 Å². The van der Waals surface area contributed by atoms with E-state index in [9.17, 15) is 9.90 Å². The van der Waals surface area contributed by atoms with Crippen LogP contribution in [0.25, 0.3) is 10.9 Å². The van der Waals surface area contributed by atoms with E-state index in [2.05, 4.69) is 5.32 Å². The number of methoxy groups -OCH3 is 1. The lowest BCUT2D eigenvalue weighted by atomic mass is 10.0. The Kier molecular flexibility index (Phi) is 5.53. The lowest BCUT2D eigenvalue weighted by Crippen LogP contribution is -2.36. The summed E-state index contributed by atoms with van der Waals surface area (Å²) in [5.74, 6) is 0.184. The average Bonchev–Trinajstić information content (AvgIpc) is 3.25. The van der Waals surface area contributed by atoms with E-state index < -0.39 is 6.10 Å². The second kappa shape index (κ2) is 7.81. The Hall–Kier alpha value is -1.85. The first kappa shape index (κ1) is 17.0. The topological polar surface area (TPSA) is 63.5 Å². The van der Waals surface area contributed by atoms with Gasteiger partial charge in [-0.25, -0.2) is 0 Å². The van der Waals surface area contributed by atoms with Crippen LogP contribution in [0.1, 0.15) is 36.2 Å². The number of rotatable bonds is 7. The van der Waals surface area contributed by atoms with Gasteiger partial charge in [0, 0.05) is 31.1 Å². The molecule has 1 atom stereocenters. The van der Waals surface area contributed by atoms with E-state index in [-0.39, 0.29) is 5.91 Å². The molecule has 0 aliphatic heterocycles. The largest absolute Gasteiger partial charge is 0.391 e. The van der Waals surface area contributed by atoms with E-state index in [1.165, 1.54) is 12.8 Å². The summed E-state index contributed by atoms with van der Waals surface area (Å²) in [5.41, 5.74) is 1.64. The zero-order valence-electron chi connectivity index (χ0n) is 14.2. The standard InChI is InChI=1S/C19H26N2O3/c1-24-11-10-21-16-9-5-4-8-15(16)12-17(21)19(23)20-13-18(22)14-6-2-3-7-14/h4-5,8-9,12,14,18,22H,2-3,6-7,10-11,13H2,1H3,(H,20,23). The third-order valence-electron chi connectivity index (χ3n) is 4.98. The zero-order chi connectivity index (χ0) is 16.9. The van der Waals surface area contributed by atoms with Gasteiger partial charge >= 0.3 is 0 Å². The molecule has 5 heteroatoms. The summed E-state index contributed by atoms with van der Waals surface area (Å²) < 4.78 is 7.15. The molecular formula is C19H26N2O3. The number of carbonyl (C=O) groups excluding carboxylic acids is 1. The van der Waals surface area contributed by atoms with Crippen LogP contribution in [0.5, 0.6) is 0 Å². The van der Waals surface area contributed by atoms with Gasteiger partial charge in [-0.2, -0.15) is 0 Å². The number of carbonyl (C=O) groups is 1. The monoisotopic (exact) mass is 330 g/mol. The Morgan fingerprint density at radius 1 is 1.38 bits per heavy atom. The Morgan fingerprint density at radius 2 is 2.12 bits per heavy atom. The average molecular weight is 330 g/mol. The van der Waals surface area contributed by atoms with Gasteiger partial charge in [-0.1, -0.05) is 31.0 Å². The third kappa shape index (κ3) is 3.62. The number of nitrogens with one attached hydrogen (secondary N) is 1. The van der Waals surface area contributed by atoms with E-state index in [0.29, 0.717) is 31.3 Å². The first-order valence-corrected chi connectivity index (χ1v) is 8.74. The van der Waals surface area contributed by atoms with Crippen LogP contribution in [0, 0.1) is 5.92 Å². The number of ether oxygens (including phenoxy) is 1. The van der Waals surface area contributed by atoms with E-state index in [1.54, 1.807) is 7.11 Å². The minimum atomic E-state index is -0.451. The molecule has 1 aromatic carbocycles. The van der Waals surface area contributed by atoms with Gasteiger partial charge < -0.3 is 19.7 Å². The van der Waals surface area contributed by atoms with E-state index in [0.717, 1.165) is 23.7 Å². The molecule has 1 unspecified atom stereocenters. The second-order valence-corrected chi connectivity index (χ2v) is 6.55. The highest BCUT2D eigenvalue weighted by atomic mass is 16.5. The first-order chi connectivity index (χ1) is 11.7. The Balaban J connectivity index is 1.73. The van der Waals surface area contributed by atoms with Crippen LogP contribution in [-0.2, 0) is 11.3 Å². The number of para-hydroxylation sites is 1. The normalized spacial score (nSPS) is 16.6. The molecule has 1 aliphatic carbocycles. The lowest BCUT2D eigenvalue weighted by molar-refractivity contribution is 0.0831. The van der Waals surface area contributed by atoms with Crippen molar-refractivity contribution in [2.45, 2.75) is 38.3 Å². The molecule has 1 aromatic heterocycles. The summed E-state index contributed by atoms with van der Waals surface area (Å²) in [7, 11) is 1.66. The molecule has 2 N–H and O–H groups in total. The molecule has 3 rings (SSSR count). The Labute approximate surface area is 142 Å². The summed E-state index contributed by atoms with van der Waals surface area (Å²) >= 11 is 0. The number of benzene rings is 1. The molecule has 0 bridgehead atoms. The van der Waals surface area contributed by atoms with Crippen molar-refractivity contribution >= 4 is 16.8 Å². The van der Waals surface area contributed by atoms with Gasteiger partial charge in [-0.3, -0.25) is 4.79 Å². The van der Waals surface area contributed by atoms with E-state index in [4.69, 9.17) is 4.74 Å². The number of fused-ring (bicyclic) bond motifs is 1. The van der Waals surface area contributed by atoms with Crippen molar-refractivity contribution in [3.8, 4) is 0 Å². The molecule has 0 radical (unpaired) electrons. The van der Waals surface area contributed by atoms with Crippen molar-refractivity contribution in [1.29, 1.82) is 0 Å². The molecule has 1 heterocycles. The van der Waals surface area contributed by atoms with Crippen molar-refractivity contribution in [2.75, 3.05) is 20.3 Å². The molecule has 1 amide bonds. The van der Waals surface area contributed by atoms with Gasteiger partial charge in [0.25, 0.3) is 5.91 Å². The van der Waals surface area contributed by atoms with Crippen molar-refractivity contribution in [3.05, 3.63) is 36.0 Å². The molecular weight excluding hydrogens is 304 g/mol. The molecule has 130 valence electrons. The number of aliphatic hydroxyl groups is 1. The highest BCUT2D eigenvalue weighted by Gasteiger charge is 2.24. The van der Waals surface area contributed by atoms with Crippen LogP contribution in [0.3, 0.4) is 0 Å². The smallest absolute Gasteiger partial charge is 0.268 e. The quantitative estimate of drug-likeness (QED) is 0.820. The fourth-order valence-electron chi connectivity index (χ4n) is 3.62. The molecule has 24 heavy (non-hydrogen) atoms. The molecule has 1 saturated carbocycles.